The van der Waals surface area contributed by atoms with Gasteiger partial charge in [0.2, 0.25) is 0 Å². The van der Waals surface area contributed by atoms with E-state index >= 15 is 0 Å². The van der Waals surface area contributed by atoms with Crippen molar-refractivity contribution < 1.29 is 18.0 Å². The molecule has 5 rings (SSSR count). The number of amides is 1. The average Bonchev–Trinajstić information content (AvgIpc) is 3.58. The maximum absolute atomic E-state index is 13.2. The predicted molar refractivity (Wildman–Crippen MR) is 120 cm³/mol. The lowest BCUT2D eigenvalue weighted by molar-refractivity contribution is -0.128. The first kappa shape index (κ1) is 22.7. The second-order valence-corrected chi connectivity index (χ2v) is 9.15. The van der Waals surface area contributed by atoms with E-state index in [-0.39, 0.29) is 16.9 Å². The number of H-pyrrole nitrogens is 1. The number of imidazole rings is 1. The maximum atomic E-state index is 13.2. The Morgan fingerprint density at radius 2 is 2.09 bits per heavy atom. The minimum atomic E-state index is -4.47. The number of pyridine rings is 1. The molecule has 180 valence electrons. The monoisotopic (exact) mass is 501 g/mol. The highest BCUT2D eigenvalue weighted by Gasteiger charge is 2.31. The predicted octanol–water partition coefficient (Wildman–Crippen LogP) is 3.67. The molecule has 35 heavy (non-hydrogen) atoms. The molecular weight excluding hydrogens is 483 g/mol. The molecule has 0 fully saturated rings. The molecule has 0 aromatic carbocycles. The van der Waals surface area contributed by atoms with Crippen LogP contribution in [-0.2, 0) is 6.42 Å². The minimum Gasteiger partial charge on any atom is -0.342 e. The molecule has 0 aliphatic heterocycles. The molecule has 14 heteroatoms. The number of hydrogen-bond acceptors (Lipinski definition) is 7. The molecule has 0 unspecified atom stereocenters. The molecule has 0 saturated heterocycles. The molecule has 0 spiro atoms. The van der Waals surface area contributed by atoms with E-state index in [9.17, 15) is 18.0 Å². The van der Waals surface area contributed by atoms with Gasteiger partial charge in [0.05, 0.1) is 46.7 Å². The fourth-order valence-corrected chi connectivity index (χ4v) is 4.54. The Labute approximate surface area is 199 Å². The van der Waals surface area contributed by atoms with Crippen molar-refractivity contribution in [3.63, 3.8) is 0 Å². The van der Waals surface area contributed by atoms with Gasteiger partial charge in [-0.25, -0.2) is 9.67 Å². The van der Waals surface area contributed by atoms with Crippen molar-refractivity contribution in [2.75, 3.05) is 0 Å². The zero-order valence-electron chi connectivity index (χ0n) is 18.4. The molecule has 0 aliphatic rings. The van der Waals surface area contributed by atoms with Crippen molar-refractivity contribution in [2.45, 2.75) is 32.5 Å². The molecule has 0 saturated carbocycles. The third-order valence-corrected chi connectivity index (χ3v) is 6.29. The number of nitrogens with one attached hydrogen (secondary N) is 2. The lowest BCUT2D eigenvalue weighted by Crippen LogP contribution is -2.28. The molecular formula is C21H18F3N9OS. The highest BCUT2D eigenvalue weighted by atomic mass is 32.1. The maximum Gasteiger partial charge on any atom is 0.394 e. The van der Waals surface area contributed by atoms with Gasteiger partial charge in [-0.1, -0.05) is 5.21 Å². The van der Waals surface area contributed by atoms with Crippen molar-refractivity contribution in [2.24, 2.45) is 0 Å². The third-order valence-electron chi connectivity index (χ3n) is 5.26. The first-order valence-corrected chi connectivity index (χ1v) is 11.2. The SMILES string of the molecule is Cc1ccc(-c2cnc3c(-n4nncc4CC(F)(F)F)cc(C(=O)N[C@@H](C)c4nnc[nH]4)cn23)s1. The van der Waals surface area contributed by atoms with Crippen LogP contribution in [0.3, 0.4) is 0 Å². The van der Waals surface area contributed by atoms with Crippen LogP contribution in [-0.4, -0.2) is 51.6 Å². The number of halogens is 3. The molecule has 10 nitrogen and oxygen atoms in total. The lowest BCUT2D eigenvalue weighted by Gasteiger charge is -2.14. The van der Waals surface area contributed by atoms with Crippen molar-refractivity contribution in [1.29, 1.82) is 0 Å². The van der Waals surface area contributed by atoms with Crippen LogP contribution >= 0.6 is 11.3 Å². The van der Waals surface area contributed by atoms with Crippen molar-refractivity contribution in [3.05, 3.63) is 65.1 Å². The van der Waals surface area contributed by atoms with Gasteiger partial charge in [0.1, 0.15) is 12.0 Å². The summed E-state index contributed by atoms with van der Waals surface area (Å²) >= 11 is 1.53. The summed E-state index contributed by atoms with van der Waals surface area (Å²) in [4.78, 5) is 22.4. The van der Waals surface area contributed by atoms with Crippen LogP contribution in [0.5, 0.6) is 0 Å². The number of aromatic amines is 1. The minimum absolute atomic E-state index is 0.177. The fraction of sp³-hybridized carbons (Fsp3) is 0.238. The number of aryl methyl sites for hydroxylation is 1. The van der Waals surface area contributed by atoms with Gasteiger partial charge in [-0.15, -0.1) is 26.6 Å². The van der Waals surface area contributed by atoms with E-state index in [0.717, 1.165) is 20.6 Å². The van der Waals surface area contributed by atoms with Crippen molar-refractivity contribution in [3.8, 4) is 16.3 Å². The van der Waals surface area contributed by atoms with Crippen LogP contribution in [0.1, 0.15) is 39.7 Å². The highest BCUT2D eigenvalue weighted by Crippen LogP contribution is 2.31. The topological polar surface area (TPSA) is 119 Å². The number of thiophene rings is 1. The normalized spacial score (nSPS) is 12.8. The van der Waals surface area contributed by atoms with Gasteiger partial charge >= 0.3 is 6.18 Å². The quantitative estimate of drug-likeness (QED) is 0.367. The molecule has 2 N–H and O–H groups in total. The molecule has 0 radical (unpaired) electrons. The van der Waals surface area contributed by atoms with E-state index in [1.807, 2.05) is 19.1 Å². The summed E-state index contributed by atoms with van der Waals surface area (Å²) in [5.74, 6) is -0.00248. The number of hydrogen-bond donors (Lipinski definition) is 2. The molecule has 1 atom stereocenters. The van der Waals surface area contributed by atoms with Gasteiger partial charge in [-0.05, 0) is 32.0 Å². The second-order valence-electron chi connectivity index (χ2n) is 7.86. The van der Waals surface area contributed by atoms with Crippen LogP contribution in [0.25, 0.3) is 21.9 Å². The van der Waals surface area contributed by atoms with E-state index in [2.05, 4.69) is 35.8 Å². The second kappa shape index (κ2) is 8.61. The van der Waals surface area contributed by atoms with Gasteiger partial charge in [-0.3, -0.25) is 9.20 Å². The number of carbonyl (C=O) groups excluding carboxylic acids is 1. The molecule has 1 amide bonds. The Morgan fingerprint density at radius 3 is 2.77 bits per heavy atom. The summed E-state index contributed by atoms with van der Waals surface area (Å²) in [6.07, 6.45) is -0.0392. The van der Waals surface area contributed by atoms with Crippen molar-refractivity contribution >= 4 is 22.9 Å². The Balaban J connectivity index is 1.64. The molecule has 0 bridgehead atoms. The number of alkyl halides is 3. The van der Waals surface area contributed by atoms with Crippen LogP contribution in [0.15, 0.2) is 43.1 Å². The summed E-state index contributed by atoms with van der Waals surface area (Å²) < 4.78 is 42.3. The van der Waals surface area contributed by atoms with Crippen LogP contribution in [0.2, 0.25) is 0 Å². The van der Waals surface area contributed by atoms with Gasteiger partial charge in [-0.2, -0.15) is 13.2 Å². The fourth-order valence-electron chi connectivity index (χ4n) is 3.66. The highest BCUT2D eigenvalue weighted by molar-refractivity contribution is 7.15. The Kier molecular flexibility index (Phi) is 5.59. The number of fused-ring (bicyclic) bond motifs is 1. The molecule has 5 aromatic heterocycles. The van der Waals surface area contributed by atoms with E-state index in [4.69, 9.17) is 0 Å². The number of nitrogens with zero attached hydrogens (tertiary/aromatic N) is 7. The standard InChI is InChI=1S/C21H18F3N9OS/c1-11-3-4-17(35-11)16-8-25-19-15(33-14(7-27-31-33)6-21(22,23)24)5-13(9-32(16)19)20(34)29-12(2)18-26-10-28-30-18/h3-5,7-10,12H,6H2,1-2H3,(H,29,34)(H,26,28,30)/t12-/m0/s1. The van der Waals surface area contributed by atoms with Crippen LogP contribution in [0.4, 0.5) is 13.2 Å². The summed E-state index contributed by atoms with van der Waals surface area (Å²) in [7, 11) is 0. The largest absolute Gasteiger partial charge is 0.394 e. The zero-order chi connectivity index (χ0) is 24.7. The molecule has 5 aromatic rings. The summed E-state index contributed by atoms with van der Waals surface area (Å²) in [5, 5.41) is 18.0. The summed E-state index contributed by atoms with van der Waals surface area (Å²) in [6, 6.07) is 4.84. The molecule has 0 aliphatic carbocycles. The Morgan fingerprint density at radius 1 is 1.26 bits per heavy atom. The smallest absolute Gasteiger partial charge is 0.342 e. The van der Waals surface area contributed by atoms with Crippen molar-refractivity contribution in [1.82, 2.24) is 44.9 Å². The average molecular weight is 501 g/mol. The Bertz CT molecular complexity index is 1500. The summed E-state index contributed by atoms with van der Waals surface area (Å²) in [5.41, 5.74) is 1.24. The summed E-state index contributed by atoms with van der Waals surface area (Å²) in [6.45, 7) is 3.69. The van der Waals surface area contributed by atoms with Gasteiger partial charge in [0.15, 0.2) is 11.5 Å². The van der Waals surface area contributed by atoms with E-state index in [1.165, 1.54) is 23.7 Å². The first-order chi connectivity index (χ1) is 16.7. The van der Waals surface area contributed by atoms with Gasteiger partial charge < -0.3 is 10.3 Å². The van der Waals surface area contributed by atoms with Gasteiger partial charge in [0, 0.05) is 11.1 Å². The third kappa shape index (κ3) is 4.51. The van der Waals surface area contributed by atoms with E-state index in [1.54, 1.807) is 23.7 Å². The van der Waals surface area contributed by atoms with Crippen LogP contribution in [0, 0.1) is 6.92 Å². The Hall–Kier alpha value is -4.07. The van der Waals surface area contributed by atoms with E-state index in [0.29, 0.717) is 17.2 Å². The lowest BCUT2D eigenvalue weighted by atomic mass is 10.2. The first-order valence-electron chi connectivity index (χ1n) is 10.4. The zero-order valence-corrected chi connectivity index (χ0v) is 19.2. The number of carbonyl (C=O) groups is 1. The number of rotatable bonds is 6. The van der Waals surface area contributed by atoms with Crippen LogP contribution < -0.4 is 5.32 Å². The van der Waals surface area contributed by atoms with E-state index < -0.39 is 24.5 Å². The van der Waals surface area contributed by atoms with Gasteiger partial charge in [0.25, 0.3) is 5.91 Å². The molecule has 5 heterocycles. The number of aromatic nitrogens is 8.